The van der Waals surface area contributed by atoms with E-state index in [1.54, 1.807) is 39.8 Å². The molecule has 1 aromatic carbocycles. The number of esters is 1. The van der Waals surface area contributed by atoms with Crippen molar-refractivity contribution in [2.45, 2.75) is 52.9 Å². The van der Waals surface area contributed by atoms with Crippen LogP contribution in [0.5, 0.6) is 5.75 Å². The summed E-state index contributed by atoms with van der Waals surface area (Å²) in [6.07, 6.45) is 0.396. The van der Waals surface area contributed by atoms with Gasteiger partial charge in [-0.3, -0.25) is 14.4 Å². The second-order valence-corrected chi connectivity index (χ2v) is 8.87. The molecule has 3 rings (SSSR count). The van der Waals surface area contributed by atoms with Gasteiger partial charge in [-0.25, -0.2) is 0 Å². The van der Waals surface area contributed by atoms with Crippen molar-refractivity contribution in [1.82, 2.24) is 9.88 Å². The molecule has 0 unspecified atom stereocenters. The Kier molecular flexibility index (Phi) is 6.89. The largest absolute Gasteiger partial charge is 0.506 e. The van der Waals surface area contributed by atoms with E-state index in [0.29, 0.717) is 29.8 Å². The average Bonchev–Trinajstić information content (AvgIpc) is 2.74. The molecule has 2 N–H and O–H groups in total. The molecular formula is C24H27N3O6. The number of amides is 1. The minimum Gasteiger partial charge on any atom is -0.506 e. The summed E-state index contributed by atoms with van der Waals surface area (Å²) in [7, 11) is 0. The van der Waals surface area contributed by atoms with Gasteiger partial charge in [0.1, 0.15) is 23.5 Å². The van der Waals surface area contributed by atoms with Gasteiger partial charge in [-0.1, -0.05) is 12.1 Å². The number of aryl methyl sites for hydroxylation is 1. The third kappa shape index (κ3) is 5.41. The summed E-state index contributed by atoms with van der Waals surface area (Å²) in [4.78, 5) is 38.1. The van der Waals surface area contributed by atoms with Crippen molar-refractivity contribution >= 4 is 11.9 Å². The molecule has 2 heterocycles. The van der Waals surface area contributed by atoms with E-state index in [2.05, 4.69) is 11.4 Å². The average molecular weight is 453 g/mol. The van der Waals surface area contributed by atoms with Crippen molar-refractivity contribution in [2.24, 2.45) is 0 Å². The molecule has 0 bridgehead atoms. The number of hydrogen-bond donors (Lipinski definition) is 2. The lowest BCUT2D eigenvalue weighted by Gasteiger charge is -2.24. The molecule has 9 heteroatoms. The molecule has 0 aliphatic carbocycles. The van der Waals surface area contributed by atoms with Gasteiger partial charge in [0.2, 0.25) is 0 Å². The summed E-state index contributed by atoms with van der Waals surface area (Å²) in [6.45, 7) is 7.05. The van der Waals surface area contributed by atoms with Crippen molar-refractivity contribution in [2.75, 3.05) is 13.2 Å². The highest BCUT2D eigenvalue weighted by Crippen LogP contribution is 2.28. The molecule has 0 saturated heterocycles. The first-order chi connectivity index (χ1) is 15.5. The first kappa shape index (κ1) is 24.0. The van der Waals surface area contributed by atoms with Crippen LogP contribution in [0.25, 0.3) is 0 Å². The van der Waals surface area contributed by atoms with Crippen LogP contribution in [-0.4, -0.2) is 40.3 Å². The van der Waals surface area contributed by atoms with Crippen molar-refractivity contribution in [3.05, 3.63) is 62.1 Å². The summed E-state index contributed by atoms with van der Waals surface area (Å²) in [5, 5.41) is 22.3. The number of ether oxygens (including phenoxy) is 2. The molecule has 0 saturated carbocycles. The molecule has 9 nitrogen and oxygen atoms in total. The molecule has 1 aliphatic heterocycles. The summed E-state index contributed by atoms with van der Waals surface area (Å²) in [5.74, 6) is -1.98. The van der Waals surface area contributed by atoms with E-state index >= 15 is 0 Å². The molecule has 0 radical (unpaired) electrons. The molecule has 0 fully saturated rings. The molecule has 1 amide bonds. The van der Waals surface area contributed by atoms with Gasteiger partial charge in [-0.05, 0) is 44.9 Å². The maximum absolute atomic E-state index is 13.3. The number of nitrogens with one attached hydrogen (secondary N) is 1. The second-order valence-electron chi connectivity index (χ2n) is 8.87. The van der Waals surface area contributed by atoms with E-state index in [1.165, 1.54) is 4.57 Å². The number of benzene rings is 1. The lowest BCUT2D eigenvalue weighted by Crippen LogP contribution is -2.39. The third-order valence-electron chi connectivity index (χ3n) is 5.18. The summed E-state index contributed by atoms with van der Waals surface area (Å²) < 4.78 is 12.1. The van der Waals surface area contributed by atoms with Gasteiger partial charge in [0, 0.05) is 17.7 Å². The fourth-order valence-electron chi connectivity index (χ4n) is 3.71. The zero-order valence-corrected chi connectivity index (χ0v) is 19.2. The number of aromatic hydroxyl groups is 1. The van der Waals surface area contributed by atoms with Gasteiger partial charge in [-0.15, -0.1) is 0 Å². The normalized spacial score (nSPS) is 13.1. The Morgan fingerprint density at radius 1 is 1.33 bits per heavy atom. The number of rotatable bonds is 5. The van der Waals surface area contributed by atoms with E-state index in [4.69, 9.17) is 14.7 Å². The van der Waals surface area contributed by atoms with E-state index < -0.39 is 40.9 Å². The topological polar surface area (TPSA) is 131 Å². The van der Waals surface area contributed by atoms with E-state index in [-0.39, 0.29) is 13.2 Å². The zero-order valence-electron chi connectivity index (χ0n) is 19.2. The highest BCUT2D eigenvalue weighted by molar-refractivity contribution is 5.98. The molecule has 174 valence electrons. The van der Waals surface area contributed by atoms with Crippen LogP contribution in [0.1, 0.15) is 59.1 Å². The predicted octanol–water partition coefficient (Wildman–Crippen LogP) is 1.93. The summed E-state index contributed by atoms with van der Waals surface area (Å²) in [5.41, 5.74) is 1.20. The molecule has 33 heavy (non-hydrogen) atoms. The number of hydrogen-bond acceptors (Lipinski definition) is 7. The van der Waals surface area contributed by atoms with Crippen LogP contribution in [0, 0.1) is 18.3 Å². The number of carbonyl (C=O) groups excluding carboxylic acids is 2. The molecule has 0 atom stereocenters. The van der Waals surface area contributed by atoms with Gasteiger partial charge in [-0.2, -0.15) is 5.26 Å². The lowest BCUT2D eigenvalue weighted by molar-refractivity contribution is -0.153. The fourth-order valence-corrected chi connectivity index (χ4v) is 3.71. The van der Waals surface area contributed by atoms with Gasteiger partial charge in [0.05, 0.1) is 31.4 Å². The Hall–Kier alpha value is -3.64. The Labute approximate surface area is 191 Å². The highest BCUT2D eigenvalue weighted by Gasteiger charge is 2.28. The maximum atomic E-state index is 13.3. The first-order valence-corrected chi connectivity index (χ1v) is 10.6. The number of carbonyl (C=O) groups is 2. The Morgan fingerprint density at radius 3 is 2.70 bits per heavy atom. The van der Waals surface area contributed by atoms with Crippen LogP contribution in [0.2, 0.25) is 0 Å². The lowest BCUT2D eigenvalue weighted by atomic mass is 10.0. The monoisotopic (exact) mass is 453 g/mol. The first-order valence-electron chi connectivity index (χ1n) is 10.6. The van der Waals surface area contributed by atoms with Crippen molar-refractivity contribution in [1.29, 1.82) is 5.26 Å². The fraction of sp³-hybridized carbons (Fsp3) is 0.417. The van der Waals surface area contributed by atoms with Crippen LogP contribution >= 0.6 is 0 Å². The summed E-state index contributed by atoms with van der Waals surface area (Å²) >= 11 is 0. The number of nitrogens with zero attached hydrogens (tertiary/aromatic N) is 2. The number of pyridine rings is 1. The number of nitriles is 1. The zero-order chi connectivity index (χ0) is 24.3. The highest BCUT2D eigenvalue weighted by atomic mass is 16.6. The van der Waals surface area contributed by atoms with Crippen LogP contribution in [-0.2, 0) is 33.8 Å². The summed E-state index contributed by atoms with van der Waals surface area (Å²) in [6, 6.07) is 7.35. The number of aromatic nitrogens is 1. The van der Waals surface area contributed by atoms with Crippen molar-refractivity contribution < 1.29 is 24.2 Å². The van der Waals surface area contributed by atoms with Gasteiger partial charge in [0.25, 0.3) is 11.5 Å². The van der Waals surface area contributed by atoms with Crippen molar-refractivity contribution in [3.63, 3.8) is 0 Å². The molecule has 2 aromatic rings. The minimum atomic E-state index is -0.874. The maximum Gasteiger partial charge on any atom is 0.325 e. The van der Waals surface area contributed by atoms with E-state index in [9.17, 15) is 19.5 Å². The third-order valence-corrected chi connectivity index (χ3v) is 5.18. The predicted molar refractivity (Wildman–Crippen MR) is 119 cm³/mol. The Balaban J connectivity index is 1.98. The van der Waals surface area contributed by atoms with Crippen LogP contribution in [0.4, 0.5) is 0 Å². The number of fused-ring (bicyclic) bond motifs is 1. The van der Waals surface area contributed by atoms with E-state index in [0.717, 1.165) is 11.1 Å². The van der Waals surface area contributed by atoms with Crippen LogP contribution in [0.15, 0.2) is 23.0 Å². The van der Waals surface area contributed by atoms with Crippen LogP contribution in [0.3, 0.4) is 0 Å². The smallest absolute Gasteiger partial charge is 0.325 e. The quantitative estimate of drug-likeness (QED) is 0.662. The van der Waals surface area contributed by atoms with Crippen molar-refractivity contribution in [3.8, 4) is 11.8 Å². The second kappa shape index (κ2) is 9.46. The van der Waals surface area contributed by atoms with E-state index in [1.807, 2.05) is 6.07 Å². The molecule has 1 aromatic heterocycles. The molecule has 1 aliphatic rings. The molecule has 0 spiro atoms. The van der Waals surface area contributed by atoms with Gasteiger partial charge < -0.3 is 24.5 Å². The minimum absolute atomic E-state index is 0.0557. The Bertz CT molecular complexity index is 1200. The Morgan fingerprint density at radius 2 is 2.06 bits per heavy atom. The van der Waals surface area contributed by atoms with Gasteiger partial charge in [0.15, 0.2) is 0 Å². The molecular weight excluding hydrogens is 426 g/mol. The standard InChI is InChI=1S/C24H27N3O6/c1-14-9-15(5-6-16(14)10-25)12-27-18-7-8-32-13-17(18)21(29)20(23(27)31)22(30)26-11-19(28)33-24(2,3)4/h5-6,9,29H,7-8,11-13H2,1-4H3,(H,26,30). The van der Waals surface area contributed by atoms with Gasteiger partial charge >= 0.3 is 5.97 Å². The van der Waals surface area contributed by atoms with Crippen LogP contribution < -0.4 is 10.9 Å². The SMILES string of the molecule is Cc1cc(Cn2c3c(c(O)c(C(=O)NCC(=O)OC(C)(C)C)c2=O)COCC3)ccc1C#N.